The lowest BCUT2D eigenvalue weighted by Gasteiger charge is -2.22. The second-order valence-corrected chi connectivity index (χ2v) is 7.62. The van der Waals surface area contributed by atoms with Crippen molar-refractivity contribution < 1.29 is 73.1 Å². The van der Waals surface area contributed by atoms with E-state index in [2.05, 4.69) is 0 Å². The van der Waals surface area contributed by atoms with E-state index in [4.69, 9.17) is 0 Å². The molecule has 0 aliphatic carbocycles. The van der Waals surface area contributed by atoms with Crippen molar-refractivity contribution in [3.63, 3.8) is 0 Å². The third-order valence-corrected chi connectivity index (χ3v) is 5.23. The second-order valence-electron chi connectivity index (χ2n) is 7.62. The van der Waals surface area contributed by atoms with Crippen LogP contribution in [0.15, 0.2) is 36.4 Å². The van der Waals surface area contributed by atoms with Gasteiger partial charge < -0.3 is 20.4 Å². The summed E-state index contributed by atoms with van der Waals surface area (Å²) in [6, 6.07) is 1.40. The maximum atomic E-state index is 13.4. The number of hydrogen-bond acceptors (Lipinski definition) is 4. The first-order valence-electron chi connectivity index (χ1n) is 9.64. The maximum absolute atomic E-state index is 13.4. The number of phenols is 4. The van der Waals surface area contributed by atoms with E-state index in [-0.39, 0.29) is 0 Å². The van der Waals surface area contributed by atoms with E-state index >= 15 is 0 Å². The van der Waals surface area contributed by atoms with E-state index in [1.807, 2.05) is 0 Å². The number of rotatable bonds is 2. The minimum absolute atomic E-state index is 0.525. The highest BCUT2D eigenvalue weighted by Crippen LogP contribution is 2.56. The van der Waals surface area contributed by atoms with Gasteiger partial charge in [0.05, 0.1) is 33.4 Å². The van der Waals surface area contributed by atoms with Crippen molar-refractivity contribution >= 4 is 0 Å². The zero-order chi connectivity index (χ0) is 29.2. The van der Waals surface area contributed by atoms with Crippen molar-refractivity contribution in [2.75, 3.05) is 0 Å². The Morgan fingerprint density at radius 1 is 0.395 bits per heavy atom. The Morgan fingerprint density at radius 3 is 0.789 bits per heavy atom. The molecule has 0 bridgehead atoms. The van der Waals surface area contributed by atoms with Crippen molar-refractivity contribution in [2.24, 2.45) is 0 Å². The Bertz CT molecular complexity index is 1220. The zero-order valence-corrected chi connectivity index (χ0v) is 17.8. The zero-order valence-electron chi connectivity index (χ0n) is 17.8. The highest BCUT2D eigenvalue weighted by atomic mass is 19.4. The predicted molar refractivity (Wildman–Crippen MR) is 104 cm³/mol. The summed E-state index contributed by atoms with van der Waals surface area (Å²) < 4.78 is 161. The molecule has 0 fully saturated rings. The minimum Gasteiger partial charge on any atom is -0.507 e. The fourth-order valence-electron chi connectivity index (χ4n) is 3.62. The third-order valence-electron chi connectivity index (χ3n) is 5.23. The first-order chi connectivity index (χ1) is 17.1. The van der Waals surface area contributed by atoms with Crippen LogP contribution in [0.25, 0.3) is 22.3 Å². The van der Waals surface area contributed by atoms with Crippen LogP contribution in [0.3, 0.4) is 0 Å². The fourth-order valence-corrected chi connectivity index (χ4v) is 3.62. The monoisotopic (exact) mass is 566 g/mol. The highest BCUT2D eigenvalue weighted by molar-refractivity contribution is 5.94. The molecule has 0 atom stereocenters. The van der Waals surface area contributed by atoms with E-state index in [1.54, 1.807) is 0 Å². The summed E-state index contributed by atoms with van der Waals surface area (Å²) in [6.45, 7) is 0. The Hall–Kier alpha value is -3.98. The predicted octanol–water partition coefficient (Wildman–Crippen LogP) is 7.92. The molecule has 0 amide bonds. The van der Waals surface area contributed by atoms with E-state index in [0.717, 1.165) is 12.1 Å². The molecule has 206 valence electrons. The average molecular weight is 566 g/mol. The number of benzene rings is 3. The number of aromatic hydroxyl groups is 4. The van der Waals surface area contributed by atoms with E-state index in [1.165, 1.54) is 0 Å². The van der Waals surface area contributed by atoms with E-state index < -0.39 is 104 Å². The smallest absolute Gasteiger partial charge is 0.419 e. The first-order valence-corrected chi connectivity index (χ1v) is 9.64. The second kappa shape index (κ2) is 8.80. The Labute approximate surface area is 202 Å². The van der Waals surface area contributed by atoms with Gasteiger partial charge in [0.25, 0.3) is 0 Å². The topological polar surface area (TPSA) is 80.9 Å². The lowest BCUT2D eigenvalue weighted by Crippen LogP contribution is -2.13. The largest absolute Gasteiger partial charge is 0.507 e. The summed E-state index contributed by atoms with van der Waals surface area (Å²) in [4.78, 5) is 0. The van der Waals surface area contributed by atoms with Crippen LogP contribution in [-0.2, 0) is 24.7 Å². The standard InChI is InChI=1S/C22H10F12O4/c23-19(24,25)9-5-10(20(26,27)28)16(36)13(15(9)35)7-3-1-2-4-8(7)14-17(37)11(21(29,30)31)6-12(18(14)38)22(32,33)34/h1-6,35-38H. The van der Waals surface area contributed by atoms with Crippen LogP contribution in [0.2, 0.25) is 0 Å². The van der Waals surface area contributed by atoms with Gasteiger partial charge in [-0.25, -0.2) is 0 Å². The van der Waals surface area contributed by atoms with Crippen LogP contribution in [0.4, 0.5) is 52.7 Å². The minimum atomic E-state index is -5.69. The van der Waals surface area contributed by atoms with Gasteiger partial charge in [0.15, 0.2) is 0 Å². The molecule has 0 unspecified atom stereocenters. The number of halogens is 12. The van der Waals surface area contributed by atoms with Crippen LogP contribution in [-0.4, -0.2) is 20.4 Å². The van der Waals surface area contributed by atoms with E-state index in [0.29, 0.717) is 12.1 Å². The summed E-state index contributed by atoms with van der Waals surface area (Å²) in [5.74, 6) is -8.29. The van der Waals surface area contributed by atoms with Gasteiger partial charge in [-0.2, -0.15) is 52.7 Å². The molecule has 3 rings (SSSR count). The molecule has 0 aromatic heterocycles. The SMILES string of the molecule is Oc1c(C(F)(F)F)cc(C(F)(F)F)c(O)c1-c1ccccc1-c1c(O)c(C(F)(F)F)cc(C(F)(F)F)c1O. The molecule has 0 saturated heterocycles. The summed E-state index contributed by atoms with van der Waals surface area (Å²) in [5, 5.41) is 40.8. The Kier molecular flexibility index (Phi) is 6.62. The molecule has 0 aliphatic rings. The molecule has 0 saturated carbocycles. The van der Waals surface area contributed by atoms with Crippen molar-refractivity contribution in [3.8, 4) is 45.3 Å². The maximum Gasteiger partial charge on any atom is 0.419 e. The van der Waals surface area contributed by atoms with Gasteiger partial charge in [-0.15, -0.1) is 0 Å². The van der Waals surface area contributed by atoms with Crippen molar-refractivity contribution in [1.29, 1.82) is 0 Å². The van der Waals surface area contributed by atoms with Crippen LogP contribution < -0.4 is 0 Å². The van der Waals surface area contributed by atoms with Crippen LogP contribution in [0.1, 0.15) is 22.3 Å². The molecule has 0 spiro atoms. The van der Waals surface area contributed by atoms with Crippen LogP contribution in [0.5, 0.6) is 23.0 Å². The molecule has 4 N–H and O–H groups in total. The third kappa shape index (κ3) is 4.93. The van der Waals surface area contributed by atoms with Crippen molar-refractivity contribution in [2.45, 2.75) is 24.7 Å². The quantitative estimate of drug-likeness (QED) is 0.238. The van der Waals surface area contributed by atoms with Gasteiger partial charge in [0.1, 0.15) is 23.0 Å². The molecule has 0 radical (unpaired) electrons. The molecule has 0 heterocycles. The van der Waals surface area contributed by atoms with Gasteiger partial charge >= 0.3 is 24.7 Å². The fraction of sp³-hybridized carbons (Fsp3) is 0.182. The molecule has 38 heavy (non-hydrogen) atoms. The van der Waals surface area contributed by atoms with E-state index in [9.17, 15) is 73.1 Å². The molecular formula is C22H10F12O4. The average Bonchev–Trinajstić information content (AvgIpc) is 2.71. The lowest BCUT2D eigenvalue weighted by atomic mass is 9.88. The van der Waals surface area contributed by atoms with Crippen molar-refractivity contribution in [1.82, 2.24) is 0 Å². The molecule has 16 heteroatoms. The Morgan fingerprint density at radius 2 is 0.605 bits per heavy atom. The van der Waals surface area contributed by atoms with Gasteiger partial charge in [0.2, 0.25) is 0 Å². The summed E-state index contributed by atoms with van der Waals surface area (Å²) in [7, 11) is 0. The van der Waals surface area contributed by atoms with Crippen LogP contribution in [0, 0.1) is 0 Å². The molecule has 4 nitrogen and oxygen atoms in total. The molecule has 3 aromatic carbocycles. The normalized spacial score (nSPS) is 13.2. The summed E-state index contributed by atoms with van der Waals surface area (Å²) in [5.41, 5.74) is -15.2. The van der Waals surface area contributed by atoms with Gasteiger partial charge in [-0.1, -0.05) is 24.3 Å². The highest BCUT2D eigenvalue weighted by Gasteiger charge is 2.45. The lowest BCUT2D eigenvalue weighted by molar-refractivity contribution is -0.146. The molecule has 0 aliphatic heterocycles. The molecule has 3 aromatic rings. The molecular weight excluding hydrogens is 556 g/mol. The van der Waals surface area contributed by atoms with Crippen molar-refractivity contribution in [3.05, 3.63) is 58.7 Å². The van der Waals surface area contributed by atoms with Gasteiger partial charge in [-0.05, 0) is 23.3 Å². The number of hydrogen-bond donors (Lipinski definition) is 4. The Balaban J connectivity index is 2.58. The van der Waals surface area contributed by atoms with Gasteiger partial charge in [0, 0.05) is 0 Å². The first kappa shape index (κ1) is 28.6. The number of phenolic OH excluding ortho intramolecular Hbond substituents is 4. The summed E-state index contributed by atoms with van der Waals surface area (Å²) >= 11 is 0. The summed E-state index contributed by atoms with van der Waals surface area (Å²) in [6.07, 6.45) is -22.8. The van der Waals surface area contributed by atoms with Gasteiger partial charge in [-0.3, -0.25) is 0 Å². The van der Waals surface area contributed by atoms with Crippen LogP contribution >= 0.6 is 0 Å². The number of alkyl halides is 12.